The molecule has 0 saturated carbocycles. The van der Waals surface area contributed by atoms with Crippen LogP contribution in [-0.2, 0) is 63.2 Å². The monoisotopic (exact) mass is 655 g/mol. The predicted molar refractivity (Wildman–Crippen MR) is 34.7 cm³/mol. The van der Waals surface area contributed by atoms with Crippen LogP contribution in [0.4, 0.5) is 0 Å². The number of hydrogen-bond donors (Lipinski definition) is 0. The molecule has 4 heteroatoms. The summed E-state index contributed by atoms with van der Waals surface area (Å²) in [6.45, 7) is 10.8. The largest absolute Gasteiger partial charge is 2.00 e. The van der Waals surface area contributed by atoms with Crippen LogP contribution in [-0.4, -0.2) is 0 Å². The first-order valence-corrected chi connectivity index (χ1v) is 3.28. The Hall–Kier alpha value is 2.49. The Morgan fingerprint density at radius 1 is 1.11 bits per heavy atom. The summed E-state index contributed by atoms with van der Waals surface area (Å²) in [5.41, 5.74) is 0. The van der Waals surface area contributed by atoms with E-state index in [1.54, 1.807) is 0 Å². The summed E-state index contributed by atoms with van der Waals surface area (Å²) in [5, 5.41) is 0. The van der Waals surface area contributed by atoms with E-state index in [1.165, 1.54) is 0 Å². The molecule has 0 radical (unpaired) electrons. The number of hydrogen-bond acceptors (Lipinski definition) is 0. The third-order valence-electron chi connectivity index (χ3n) is 0. The van der Waals surface area contributed by atoms with Crippen LogP contribution in [0.15, 0.2) is 0 Å². The Morgan fingerprint density at radius 3 is 1.11 bits per heavy atom. The van der Waals surface area contributed by atoms with Crippen molar-refractivity contribution >= 4 is 8.58 Å². The summed E-state index contributed by atoms with van der Waals surface area (Å²) in [6.07, 6.45) is 2.00. The van der Waals surface area contributed by atoms with Gasteiger partial charge in [0.25, 0.3) is 0 Å². The molecule has 9 heavy (non-hydrogen) atoms. The molecule has 0 rings (SSSR count). The van der Waals surface area contributed by atoms with Gasteiger partial charge in [-0.05, 0) is 0 Å². The number of rotatable bonds is 0. The van der Waals surface area contributed by atoms with Crippen molar-refractivity contribution in [1.82, 2.24) is 0 Å². The van der Waals surface area contributed by atoms with E-state index in [0.717, 1.165) is 0 Å². The van der Waals surface area contributed by atoms with Crippen molar-refractivity contribution in [3.8, 4) is 0 Å². The molecule has 0 unspecified atom stereocenters. The summed E-state index contributed by atoms with van der Waals surface area (Å²) in [6, 6.07) is 0. The normalized spacial score (nSPS) is 4.00. The molecule has 0 saturated heterocycles. The van der Waals surface area contributed by atoms with E-state index in [2.05, 4.69) is 13.3 Å². The van der Waals surface area contributed by atoms with Crippen LogP contribution in [0.3, 0.4) is 0 Å². The molecule has 0 aromatic carbocycles. The van der Waals surface area contributed by atoms with Gasteiger partial charge in [-0.25, -0.2) is 0 Å². The van der Waals surface area contributed by atoms with Crippen molar-refractivity contribution in [2.45, 2.75) is 13.8 Å². The van der Waals surface area contributed by atoms with Crippen LogP contribution in [0.1, 0.15) is 13.8 Å². The van der Waals surface area contributed by atoms with Gasteiger partial charge in [0.15, 0.2) is 0 Å². The Morgan fingerprint density at radius 2 is 1.11 bits per heavy atom. The summed E-state index contributed by atoms with van der Waals surface area (Å²) in [4.78, 5) is 0. The van der Waals surface area contributed by atoms with Crippen LogP contribution < -0.4 is 0 Å². The van der Waals surface area contributed by atoms with Gasteiger partial charge in [-0.1, -0.05) is 0 Å². The van der Waals surface area contributed by atoms with Gasteiger partial charge in [0.2, 0.25) is 0 Å². The van der Waals surface area contributed by atoms with Crippen LogP contribution in [0.5, 0.6) is 0 Å². The Balaban J connectivity index is -0.00000000889. The Kier molecular flexibility index (Phi) is 156. The molecule has 0 N–H and O–H groups in total. The van der Waals surface area contributed by atoms with Gasteiger partial charge < -0.3 is 28.3 Å². The topological polar surface area (TPSA) is 0 Å². The fourth-order valence-electron chi connectivity index (χ4n) is 0. The van der Waals surface area contributed by atoms with E-state index in [9.17, 15) is 0 Å². The van der Waals surface area contributed by atoms with E-state index in [1.807, 2.05) is 20.3 Å². The van der Waals surface area contributed by atoms with Gasteiger partial charge in [-0.2, -0.15) is 13.8 Å². The fraction of sp³-hybridized carbons (Fsp3) is 0.400. The Bertz CT molecular complexity index is 14.2. The zero-order valence-electron chi connectivity index (χ0n) is 5.72. The van der Waals surface area contributed by atoms with E-state index in [4.69, 9.17) is 0 Å². The predicted octanol–water partition coefficient (Wildman–Crippen LogP) is 2.47. The second-order valence-corrected chi connectivity index (χ2v) is 1.33. The van der Waals surface area contributed by atoms with Gasteiger partial charge in [-0.3, -0.25) is 0 Å². The molecule has 0 atom stereocenters. The summed E-state index contributed by atoms with van der Waals surface area (Å²) in [7, 11) is 0.583. The molecular formula is C5H12PW3-. The third kappa shape index (κ3) is 122. The first-order chi connectivity index (χ1) is 2.83. The average Bonchev–Trinajstić information content (AvgIpc) is 1.39. The zero-order chi connectivity index (χ0) is 5.41. The SMILES string of the molecule is C[CH-]C.[CH2-]P[CH2-].[W+2].[W].[W]. The van der Waals surface area contributed by atoms with Crippen molar-refractivity contribution in [2.24, 2.45) is 0 Å². The van der Waals surface area contributed by atoms with Gasteiger partial charge in [0.1, 0.15) is 0 Å². The van der Waals surface area contributed by atoms with Gasteiger partial charge in [-0.15, -0.1) is 0 Å². The van der Waals surface area contributed by atoms with Crippen LogP contribution in [0, 0.1) is 19.8 Å². The first-order valence-electron chi connectivity index (χ1n) is 1.86. The summed E-state index contributed by atoms with van der Waals surface area (Å²) < 4.78 is 0. The molecule has 56 valence electrons. The van der Waals surface area contributed by atoms with E-state index in [0.29, 0.717) is 8.58 Å². The maximum atomic E-state index is 3.40. The minimum atomic E-state index is 0. The van der Waals surface area contributed by atoms with Crippen molar-refractivity contribution in [3.05, 3.63) is 19.8 Å². The molecule has 0 aliphatic carbocycles. The molecule has 0 spiro atoms. The summed E-state index contributed by atoms with van der Waals surface area (Å²) >= 11 is 0. The maximum Gasteiger partial charge on any atom is 2.00 e. The molecule has 0 heterocycles. The van der Waals surface area contributed by atoms with Crippen LogP contribution >= 0.6 is 8.58 Å². The molecular weight excluding hydrogens is 643 g/mol. The van der Waals surface area contributed by atoms with Gasteiger partial charge in [0, 0.05) is 42.1 Å². The van der Waals surface area contributed by atoms with Gasteiger partial charge >= 0.3 is 21.1 Å². The smallest absolute Gasteiger partial charge is 0.454 e. The molecule has 0 bridgehead atoms. The minimum Gasteiger partial charge on any atom is -0.454 e. The average molecular weight is 655 g/mol. The second kappa shape index (κ2) is 46.8. The molecule has 0 aliphatic rings. The third-order valence-corrected chi connectivity index (χ3v) is 0. The van der Waals surface area contributed by atoms with Crippen molar-refractivity contribution in [1.29, 1.82) is 0 Å². The molecule has 0 amide bonds. The molecule has 0 aliphatic heterocycles. The van der Waals surface area contributed by atoms with Gasteiger partial charge in [0.05, 0.1) is 0 Å². The minimum absolute atomic E-state index is 0. The van der Waals surface area contributed by atoms with Crippen molar-refractivity contribution < 1.29 is 63.2 Å². The maximum absolute atomic E-state index is 3.40. The standard InChI is InChI=1S/C3H7.C2H5P.3W/c2*1-3-2;;;/h3H,1-2H3;3H,1-2H2;;;/q-1;-2;;;+2. The van der Waals surface area contributed by atoms with Crippen LogP contribution in [0.25, 0.3) is 0 Å². The second-order valence-electron chi connectivity index (χ2n) is 0.827. The zero-order valence-corrected chi connectivity index (χ0v) is 15.5. The van der Waals surface area contributed by atoms with Crippen molar-refractivity contribution in [2.75, 3.05) is 0 Å². The summed E-state index contributed by atoms with van der Waals surface area (Å²) in [5.74, 6) is 0. The van der Waals surface area contributed by atoms with Crippen LogP contribution in [0.2, 0.25) is 0 Å². The van der Waals surface area contributed by atoms with E-state index >= 15 is 0 Å². The molecule has 0 aromatic rings. The molecule has 0 nitrogen and oxygen atoms in total. The first kappa shape index (κ1) is 30.0. The van der Waals surface area contributed by atoms with E-state index < -0.39 is 0 Å². The van der Waals surface area contributed by atoms with Crippen molar-refractivity contribution in [3.63, 3.8) is 0 Å². The quantitative estimate of drug-likeness (QED) is 0.279. The molecule has 0 fully saturated rings. The molecule has 0 aromatic heterocycles. The van der Waals surface area contributed by atoms with E-state index in [-0.39, 0.29) is 63.2 Å². The Labute approximate surface area is 104 Å². The fourth-order valence-corrected chi connectivity index (χ4v) is 0.